The van der Waals surface area contributed by atoms with Crippen LogP contribution in [0.1, 0.15) is 32.4 Å². The first-order chi connectivity index (χ1) is 11.7. The van der Waals surface area contributed by atoms with Crippen LogP contribution in [0.25, 0.3) is 0 Å². The number of benzene rings is 1. The van der Waals surface area contributed by atoms with E-state index in [2.05, 4.69) is 10.4 Å². The number of nitrogens with one attached hydrogen (secondary N) is 1. The minimum atomic E-state index is -0.320. The minimum absolute atomic E-state index is 0.0466. The summed E-state index contributed by atoms with van der Waals surface area (Å²) in [6.07, 6.45) is 4.17. The highest BCUT2D eigenvalue weighted by molar-refractivity contribution is 5.79. The van der Waals surface area contributed by atoms with Gasteiger partial charge in [-0.1, -0.05) is 6.07 Å². The van der Waals surface area contributed by atoms with Crippen LogP contribution < -0.4 is 14.8 Å². The Hall–Kier alpha value is -2.50. The van der Waals surface area contributed by atoms with Crippen LogP contribution in [0.15, 0.2) is 36.7 Å². The van der Waals surface area contributed by atoms with E-state index in [4.69, 9.17) is 9.47 Å². The van der Waals surface area contributed by atoms with Gasteiger partial charge < -0.3 is 14.8 Å². The number of rotatable bonds is 9. The van der Waals surface area contributed by atoms with Gasteiger partial charge in [0.15, 0.2) is 11.5 Å². The first-order valence-electron chi connectivity index (χ1n) is 8.31. The summed E-state index contributed by atoms with van der Waals surface area (Å²) in [6, 6.07) is 7.37. The molecule has 24 heavy (non-hydrogen) atoms. The van der Waals surface area contributed by atoms with Gasteiger partial charge in [0.2, 0.25) is 5.91 Å². The van der Waals surface area contributed by atoms with E-state index in [-0.39, 0.29) is 11.9 Å². The third-order valence-electron chi connectivity index (χ3n) is 3.62. The van der Waals surface area contributed by atoms with Crippen LogP contribution in [0.3, 0.4) is 0 Å². The lowest BCUT2D eigenvalue weighted by molar-refractivity contribution is -0.124. The molecule has 1 aromatic carbocycles. The Morgan fingerprint density at radius 3 is 2.67 bits per heavy atom. The summed E-state index contributed by atoms with van der Waals surface area (Å²) in [6.45, 7) is 7.46. The Kier molecular flexibility index (Phi) is 6.66. The topological polar surface area (TPSA) is 65.4 Å². The summed E-state index contributed by atoms with van der Waals surface area (Å²) in [5.74, 6) is 1.45. The molecule has 0 saturated heterocycles. The molecule has 130 valence electrons. The maximum Gasteiger partial charge on any atom is 0.244 e. The molecule has 1 amide bonds. The summed E-state index contributed by atoms with van der Waals surface area (Å²) in [5.41, 5.74) is 1.09. The largest absolute Gasteiger partial charge is 0.490 e. The molecule has 6 heteroatoms. The van der Waals surface area contributed by atoms with Gasteiger partial charge in [-0.3, -0.25) is 9.48 Å². The number of ether oxygens (including phenoxy) is 2. The van der Waals surface area contributed by atoms with Crippen LogP contribution in [-0.2, 0) is 11.2 Å². The molecule has 0 fully saturated rings. The van der Waals surface area contributed by atoms with Crippen LogP contribution >= 0.6 is 0 Å². The number of hydrogen-bond donors (Lipinski definition) is 1. The van der Waals surface area contributed by atoms with Crippen LogP contribution in [0.5, 0.6) is 11.5 Å². The Labute approximate surface area is 142 Å². The van der Waals surface area contributed by atoms with E-state index in [0.29, 0.717) is 19.8 Å². The molecular formula is C18H25N3O3. The Morgan fingerprint density at radius 2 is 2.00 bits per heavy atom. The fourth-order valence-corrected chi connectivity index (χ4v) is 2.36. The summed E-state index contributed by atoms with van der Waals surface area (Å²) >= 11 is 0. The van der Waals surface area contributed by atoms with E-state index >= 15 is 0 Å². The number of amides is 1. The first kappa shape index (κ1) is 17.8. The average Bonchev–Trinajstić information content (AvgIpc) is 3.11. The molecule has 6 nitrogen and oxygen atoms in total. The van der Waals surface area contributed by atoms with Crippen molar-refractivity contribution in [3.8, 4) is 11.5 Å². The third kappa shape index (κ3) is 4.75. The van der Waals surface area contributed by atoms with Crippen LogP contribution in [-0.4, -0.2) is 35.4 Å². The summed E-state index contributed by atoms with van der Waals surface area (Å²) < 4.78 is 12.8. The second kappa shape index (κ2) is 8.96. The normalized spacial score (nSPS) is 11.8. The number of aromatic nitrogens is 2. The van der Waals surface area contributed by atoms with Gasteiger partial charge in [-0.2, -0.15) is 5.10 Å². The van der Waals surface area contributed by atoms with E-state index in [0.717, 1.165) is 23.5 Å². The summed E-state index contributed by atoms with van der Waals surface area (Å²) in [7, 11) is 0. The average molecular weight is 331 g/mol. The predicted molar refractivity (Wildman–Crippen MR) is 92.4 cm³/mol. The molecule has 2 rings (SSSR count). The van der Waals surface area contributed by atoms with Crippen molar-refractivity contribution in [3.05, 3.63) is 42.2 Å². The highest BCUT2D eigenvalue weighted by Gasteiger charge is 2.14. The van der Waals surface area contributed by atoms with E-state index < -0.39 is 0 Å². The van der Waals surface area contributed by atoms with Gasteiger partial charge in [0, 0.05) is 18.9 Å². The quantitative estimate of drug-likeness (QED) is 0.767. The van der Waals surface area contributed by atoms with Crippen molar-refractivity contribution < 1.29 is 14.3 Å². The van der Waals surface area contributed by atoms with Crippen molar-refractivity contribution in [1.29, 1.82) is 0 Å². The molecule has 0 aliphatic heterocycles. The molecule has 0 aliphatic rings. The zero-order chi connectivity index (χ0) is 17.4. The van der Waals surface area contributed by atoms with Crippen molar-refractivity contribution in [2.24, 2.45) is 0 Å². The Morgan fingerprint density at radius 1 is 1.25 bits per heavy atom. The lowest BCUT2D eigenvalue weighted by Crippen LogP contribution is -2.32. The second-order valence-corrected chi connectivity index (χ2v) is 5.35. The third-order valence-corrected chi connectivity index (χ3v) is 3.62. The van der Waals surface area contributed by atoms with Gasteiger partial charge in [0.05, 0.1) is 13.2 Å². The van der Waals surface area contributed by atoms with Gasteiger partial charge in [-0.15, -0.1) is 0 Å². The fraction of sp³-hybridized carbons (Fsp3) is 0.444. The van der Waals surface area contributed by atoms with Crippen molar-refractivity contribution >= 4 is 5.91 Å². The SMILES string of the molecule is CCOc1ccc(CCNC(=O)C(C)n2cccn2)cc1OCC. The first-order valence-corrected chi connectivity index (χ1v) is 8.31. The summed E-state index contributed by atoms with van der Waals surface area (Å²) in [5, 5.41) is 7.03. The highest BCUT2D eigenvalue weighted by atomic mass is 16.5. The maximum atomic E-state index is 12.1. The maximum absolute atomic E-state index is 12.1. The van der Waals surface area contributed by atoms with Crippen molar-refractivity contribution in [1.82, 2.24) is 15.1 Å². The number of carbonyl (C=O) groups is 1. The zero-order valence-corrected chi connectivity index (χ0v) is 14.5. The number of carbonyl (C=O) groups excluding carboxylic acids is 1. The van der Waals surface area contributed by atoms with Gasteiger partial charge in [-0.25, -0.2) is 0 Å². The molecule has 0 spiro atoms. The number of hydrogen-bond acceptors (Lipinski definition) is 4. The second-order valence-electron chi connectivity index (χ2n) is 5.35. The molecule has 1 unspecified atom stereocenters. The van der Waals surface area contributed by atoms with Crippen LogP contribution in [0.4, 0.5) is 0 Å². The molecule has 0 bridgehead atoms. The molecule has 0 saturated carbocycles. The molecule has 2 aromatic rings. The Balaban J connectivity index is 1.89. The molecule has 1 aromatic heterocycles. The highest BCUT2D eigenvalue weighted by Crippen LogP contribution is 2.28. The van der Waals surface area contributed by atoms with Crippen LogP contribution in [0, 0.1) is 0 Å². The van der Waals surface area contributed by atoms with Crippen molar-refractivity contribution in [2.75, 3.05) is 19.8 Å². The van der Waals surface area contributed by atoms with Gasteiger partial charge in [0.25, 0.3) is 0 Å². The lowest BCUT2D eigenvalue weighted by Gasteiger charge is -2.14. The van der Waals surface area contributed by atoms with Crippen molar-refractivity contribution in [2.45, 2.75) is 33.2 Å². The molecule has 0 radical (unpaired) electrons. The van der Waals surface area contributed by atoms with E-state index in [1.54, 1.807) is 23.1 Å². The predicted octanol–water partition coefficient (Wildman–Crippen LogP) is 2.60. The molecule has 1 heterocycles. The smallest absolute Gasteiger partial charge is 0.244 e. The molecular weight excluding hydrogens is 306 g/mol. The molecule has 0 aliphatic carbocycles. The standard InChI is InChI=1S/C18H25N3O3/c1-4-23-16-8-7-15(13-17(16)24-5-2)9-11-19-18(22)14(3)21-12-6-10-20-21/h6-8,10,12-14H,4-5,9,11H2,1-3H3,(H,19,22). The minimum Gasteiger partial charge on any atom is -0.490 e. The monoisotopic (exact) mass is 331 g/mol. The summed E-state index contributed by atoms with van der Waals surface area (Å²) in [4.78, 5) is 12.1. The zero-order valence-electron chi connectivity index (χ0n) is 14.5. The van der Waals surface area contributed by atoms with E-state index in [1.807, 2.05) is 39.0 Å². The Bertz CT molecular complexity index is 641. The van der Waals surface area contributed by atoms with E-state index in [9.17, 15) is 4.79 Å². The van der Waals surface area contributed by atoms with Crippen molar-refractivity contribution in [3.63, 3.8) is 0 Å². The lowest BCUT2D eigenvalue weighted by atomic mass is 10.1. The van der Waals surface area contributed by atoms with Gasteiger partial charge in [-0.05, 0) is 51.0 Å². The number of nitrogens with zero attached hydrogens (tertiary/aromatic N) is 2. The van der Waals surface area contributed by atoms with Gasteiger partial charge >= 0.3 is 0 Å². The van der Waals surface area contributed by atoms with Crippen LogP contribution in [0.2, 0.25) is 0 Å². The van der Waals surface area contributed by atoms with E-state index in [1.165, 1.54) is 0 Å². The molecule has 1 N–H and O–H groups in total. The fourth-order valence-electron chi connectivity index (χ4n) is 2.36. The van der Waals surface area contributed by atoms with Gasteiger partial charge in [0.1, 0.15) is 6.04 Å². The molecule has 1 atom stereocenters.